The number of sulfonamides is 1. The minimum Gasteiger partial charge on any atom is -0.396 e. The number of hydrogen-bond acceptors (Lipinski definition) is 4. The molecular formula is C15H24N2O3S. The first-order valence-corrected chi connectivity index (χ1v) is 8.97. The van der Waals surface area contributed by atoms with Crippen molar-refractivity contribution in [1.82, 2.24) is 4.31 Å². The minimum atomic E-state index is -3.46. The van der Waals surface area contributed by atoms with Crippen LogP contribution in [-0.2, 0) is 10.0 Å². The number of nitrogens with one attached hydrogen (secondary N) is 1. The Morgan fingerprint density at radius 2 is 2.14 bits per heavy atom. The first kappa shape index (κ1) is 16.3. The number of aliphatic hydroxyl groups excluding tert-OH is 1. The van der Waals surface area contributed by atoms with Gasteiger partial charge in [0.1, 0.15) is 4.90 Å². The van der Waals surface area contributed by atoms with Gasteiger partial charge in [-0.25, -0.2) is 8.42 Å². The molecule has 0 radical (unpaired) electrons. The molecule has 5 nitrogen and oxygen atoms in total. The lowest BCUT2D eigenvalue weighted by Gasteiger charge is -2.19. The Hall–Kier alpha value is -1.11. The predicted octanol–water partition coefficient (Wildman–Crippen LogP) is 1.90. The molecule has 0 bridgehead atoms. The van der Waals surface area contributed by atoms with Crippen LogP contribution >= 0.6 is 0 Å². The van der Waals surface area contributed by atoms with Gasteiger partial charge in [-0.2, -0.15) is 4.31 Å². The van der Waals surface area contributed by atoms with Gasteiger partial charge in [-0.15, -0.1) is 0 Å². The monoisotopic (exact) mass is 312 g/mol. The molecule has 0 aromatic heterocycles. The Balaban J connectivity index is 2.20. The largest absolute Gasteiger partial charge is 0.396 e. The van der Waals surface area contributed by atoms with E-state index in [1.54, 1.807) is 16.4 Å². The number of para-hydroxylation sites is 1. The van der Waals surface area contributed by atoms with Crippen LogP contribution in [0.25, 0.3) is 0 Å². The quantitative estimate of drug-likeness (QED) is 0.807. The summed E-state index contributed by atoms with van der Waals surface area (Å²) in [6.07, 6.45) is 2.43. The molecule has 1 aliphatic rings. The molecule has 1 atom stereocenters. The average molecular weight is 312 g/mol. The highest BCUT2D eigenvalue weighted by Gasteiger charge is 2.33. The van der Waals surface area contributed by atoms with E-state index < -0.39 is 10.0 Å². The summed E-state index contributed by atoms with van der Waals surface area (Å²) < 4.78 is 27.1. The van der Waals surface area contributed by atoms with E-state index in [9.17, 15) is 8.42 Å². The molecule has 2 rings (SSSR count). The number of rotatable bonds is 7. The molecule has 1 fully saturated rings. The second-order valence-electron chi connectivity index (χ2n) is 5.45. The van der Waals surface area contributed by atoms with Crippen LogP contribution in [0, 0.1) is 5.92 Å². The molecule has 0 amide bonds. The van der Waals surface area contributed by atoms with E-state index in [-0.39, 0.29) is 12.5 Å². The van der Waals surface area contributed by atoms with E-state index in [1.807, 2.05) is 19.1 Å². The zero-order valence-electron chi connectivity index (χ0n) is 12.5. The van der Waals surface area contributed by atoms with Crippen molar-refractivity contribution in [2.75, 3.05) is 31.6 Å². The van der Waals surface area contributed by atoms with E-state index in [0.717, 1.165) is 19.4 Å². The third-order valence-electron chi connectivity index (χ3n) is 3.86. The zero-order valence-corrected chi connectivity index (χ0v) is 13.3. The summed E-state index contributed by atoms with van der Waals surface area (Å²) >= 11 is 0. The molecule has 0 spiro atoms. The highest BCUT2D eigenvalue weighted by atomic mass is 32.2. The molecule has 0 saturated carbocycles. The lowest BCUT2D eigenvalue weighted by atomic mass is 10.1. The summed E-state index contributed by atoms with van der Waals surface area (Å²) in [5.41, 5.74) is 0.671. The number of anilines is 1. The number of benzene rings is 1. The molecular weight excluding hydrogens is 288 g/mol. The lowest BCUT2D eigenvalue weighted by Crippen LogP contribution is -2.29. The Morgan fingerprint density at radius 3 is 2.86 bits per heavy atom. The van der Waals surface area contributed by atoms with Crippen molar-refractivity contribution in [2.45, 2.75) is 31.1 Å². The highest BCUT2D eigenvalue weighted by Crippen LogP contribution is 2.29. The normalized spacial score (nSPS) is 19.8. The van der Waals surface area contributed by atoms with Gasteiger partial charge in [0.15, 0.2) is 0 Å². The number of aliphatic hydroxyl groups is 1. The maximum Gasteiger partial charge on any atom is 0.245 e. The molecule has 1 saturated heterocycles. The van der Waals surface area contributed by atoms with Gasteiger partial charge in [0.05, 0.1) is 5.69 Å². The second-order valence-corrected chi connectivity index (χ2v) is 7.36. The van der Waals surface area contributed by atoms with Crippen LogP contribution in [0.1, 0.15) is 26.2 Å². The Labute approximate surface area is 127 Å². The van der Waals surface area contributed by atoms with Crippen molar-refractivity contribution in [3.8, 4) is 0 Å². The molecule has 1 unspecified atom stereocenters. The SMILES string of the molecule is CCCNc1ccccc1S(=O)(=O)N1CCC(CCO)C1. The third-order valence-corrected chi connectivity index (χ3v) is 5.78. The van der Waals surface area contributed by atoms with Crippen molar-refractivity contribution in [1.29, 1.82) is 0 Å². The lowest BCUT2D eigenvalue weighted by molar-refractivity contribution is 0.259. The molecule has 1 aromatic rings. The summed E-state index contributed by atoms with van der Waals surface area (Å²) in [7, 11) is -3.46. The van der Waals surface area contributed by atoms with Gasteiger partial charge < -0.3 is 10.4 Å². The van der Waals surface area contributed by atoms with E-state index in [0.29, 0.717) is 30.1 Å². The highest BCUT2D eigenvalue weighted by molar-refractivity contribution is 7.89. The topological polar surface area (TPSA) is 69.6 Å². The van der Waals surface area contributed by atoms with Gasteiger partial charge in [0.25, 0.3) is 0 Å². The van der Waals surface area contributed by atoms with Crippen molar-refractivity contribution in [3.63, 3.8) is 0 Å². The van der Waals surface area contributed by atoms with Crippen LogP contribution in [0.5, 0.6) is 0 Å². The molecule has 1 aromatic carbocycles. The fourth-order valence-electron chi connectivity index (χ4n) is 2.67. The van der Waals surface area contributed by atoms with Crippen LogP contribution in [0.4, 0.5) is 5.69 Å². The smallest absolute Gasteiger partial charge is 0.245 e. The summed E-state index contributed by atoms with van der Waals surface area (Å²) in [6.45, 7) is 3.96. The molecule has 1 heterocycles. The summed E-state index contributed by atoms with van der Waals surface area (Å²) in [6, 6.07) is 7.07. The van der Waals surface area contributed by atoms with Gasteiger partial charge in [0, 0.05) is 26.2 Å². The van der Waals surface area contributed by atoms with E-state index in [2.05, 4.69) is 5.32 Å². The molecule has 1 aliphatic heterocycles. The summed E-state index contributed by atoms with van der Waals surface area (Å²) in [5.74, 6) is 0.264. The molecule has 2 N–H and O–H groups in total. The van der Waals surface area contributed by atoms with Crippen molar-refractivity contribution in [3.05, 3.63) is 24.3 Å². The van der Waals surface area contributed by atoms with Gasteiger partial charge in [-0.05, 0) is 37.3 Å². The Morgan fingerprint density at radius 1 is 1.38 bits per heavy atom. The Kier molecular flexibility index (Phi) is 5.61. The maximum absolute atomic E-state index is 12.8. The van der Waals surface area contributed by atoms with Crippen LogP contribution in [-0.4, -0.2) is 44.1 Å². The zero-order chi connectivity index (χ0) is 15.3. The van der Waals surface area contributed by atoms with E-state index in [1.165, 1.54) is 0 Å². The fourth-order valence-corrected chi connectivity index (χ4v) is 4.37. The van der Waals surface area contributed by atoms with Crippen molar-refractivity contribution < 1.29 is 13.5 Å². The first-order chi connectivity index (χ1) is 10.1. The summed E-state index contributed by atoms with van der Waals surface area (Å²) in [5, 5.41) is 12.2. The second kappa shape index (κ2) is 7.24. The maximum atomic E-state index is 12.8. The van der Waals surface area contributed by atoms with Crippen LogP contribution in [0.15, 0.2) is 29.2 Å². The van der Waals surface area contributed by atoms with Gasteiger partial charge in [-0.3, -0.25) is 0 Å². The van der Waals surface area contributed by atoms with E-state index in [4.69, 9.17) is 5.11 Å². The van der Waals surface area contributed by atoms with Crippen LogP contribution in [0.2, 0.25) is 0 Å². The number of hydrogen-bond donors (Lipinski definition) is 2. The predicted molar refractivity (Wildman–Crippen MR) is 83.8 cm³/mol. The summed E-state index contributed by atoms with van der Waals surface area (Å²) in [4.78, 5) is 0.350. The van der Waals surface area contributed by atoms with Crippen molar-refractivity contribution >= 4 is 15.7 Å². The van der Waals surface area contributed by atoms with Gasteiger partial charge in [0.2, 0.25) is 10.0 Å². The van der Waals surface area contributed by atoms with Crippen LogP contribution < -0.4 is 5.32 Å². The Bertz CT molecular complexity index is 560. The molecule has 21 heavy (non-hydrogen) atoms. The van der Waals surface area contributed by atoms with Crippen LogP contribution in [0.3, 0.4) is 0 Å². The third kappa shape index (κ3) is 3.75. The van der Waals surface area contributed by atoms with Gasteiger partial charge >= 0.3 is 0 Å². The van der Waals surface area contributed by atoms with Crippen molar-refractivity contribution in [2.24, 2.45) is 5.92 Å². The molecule has 118 valence electrons. The molecule has 0 aliphatic carbocycles. The standard InChI is InChI=1S/C15H24N2O3S/c1-2-9-16-14-5-3-4-6-15(14)21(19,20)17-10-7-13(12-17)8-11-18/h3-6,13,16,18H,2,7-12H2,1H3. The molecule has 6 heteroatoms. The average Bonchev–Trinajstić information content (AvgIpc) is 2.95. The fraction of sp³-hybridized carbons (Fsp3) is 0.600. The minimum absolute atomic E-state index is 0.118. The van der Waals surface area contributed by atoms with E-state index >= 15 is 0 Å². The number of nitrogens with zero attached hydrogens (tertiary/aromatic N) is 1. The first-order valence-electron chi connectivity index (χ1n) is 7.53. The van der Waals surface area contributed by atoms with Gasteiger partial charge in [-0.1, -0.05) is 19.1 Å².